The Kier molecular flexibility index (Phi) is 3.12. The molecular formula is C17H20N2S. The van der Waals surface area contributed by atoms with Crippen LogP contribution in [-0.2, 0) is 6.54 Å². The van der Waals surface area contributed by atoms with Crippen molar-refractivity contribution < 1.29 is 0 Å². The Bertz CT molecular complexity index is 606. The maximum Gasteiger partial charge on any atom is 0.123 e. The highest BCUT2D eigenvalue weighted by atomic mass is 32.1. The summed E-state index contributed by atoms with van der Waals surface area (Å²) >= 11 is 1.88. The summed E-state index contributed by atoms with van der Waals surface area (Å²) in [6.45, 7) is 3.15. The van der Waals surface area contributed by atoms with Crippen molar-refractivity contribution >= 4 is 11.3 Å². The molecular weight excluding hydrogens is 264 g/mol. The molecule has 2 aromatic rings. The van der Waals surface area contributed by atoms with Crippen LogP contribution in [0.4, 0.5) is 0 Å². The van der Waals surface area contributed by atoms with E-state index in [1.54, 1.807) is 0 Å². The van der Waals surface area contributed by atoms with E-state index in [9.17, 15) is 0 Å². The normalized spacial score (nSPS) is 18.4. The van der Waals surface area contributed by atoms with Crippen LogP contribution in [-0.4, -0.2) is 11.0 Å². The summed E-state index contributed by atoms with van der Waals surface area (Å²) in [6.07, 6.45) is 5.35. The van der Waals surface area contributed by atoms with Crippen LogP contribution in [0.5, 0.6) is 0 Å². The van der Waals surface area contributed by atoms with Gasteiger partial charge >= 0.3 is 0 Å². The minimum atomic E-state index is 0.737. The van der Waals surface area contributed by atoms with Gasteiger partial charge in [-0.15, -0.1) is 11.3 Å². The highest BCUT2D eigenvalue weighted by molar-refractivity contribution is 7.15. The van der Waals surface area contributed by atoms with Crippen LogP contribution in [0.2, 0.25) is 0 Å². The summed E-state index contributed by atoms with van der Waals surface area (Å²) in [7, 11) is 0. The quantitative estimate of drug-likeness (QED) is 0.888. The molecule has 0 radical (unpaired) electrons. The van der Waals surface area contributed by atoms with Crippen molar-refractivity contribution in [2.75, 3.05) is 0 Å². The second kappa shape index (κ2) is 4.97. The van der Waals surface area contributed by atoms with E-state index in [-0.39, 0.29) is 0 Å². The van der Waals surface area contributed by atoms with Gasteiger partial charge in [-0.2, -0.15) is 0 Å². The molecule has 1 N–H and O–H groups in total. The minimum absolute atomic E-state index is 0.737. The van der Waals surface area contributed by atoms with Crippen molar-refractivity contribution in [2.45, 2.75) is 51.1 Å². The molecule has 2 nitrogen and oxygen atoms in total. The summed E-state index contributed by atoms with van der Waals surface area (Å²) in [5.41, 5.74) is 3.95. The van der Waals surface area contributed by atoms with Crippen LogP contribution in [0.1, 0.15) is 47.7 Å². The Labute approximate surface area is 124 Å². The lowest BCUT2D eigenvalue weighted by Crippen LogP contribution is -2.15. The fourth-order valence-corrected chi connectivity index (χ4v) is 3.61. The van der Waals surface area contributed by atoms with Gasteiger partial charge < -0.3 is 5.32 Å². The second-order valence-electron chi connectivity index (χ2n) is 6.12. The van der Waals surface area contributed by atoms with E-state index in [0.29, 0.717) is 0 Å². The Morgan fingerprint density at radius 1 is 1.15 bits per heavy atom. The Balaban J connectivity index is 1.62. The molecule has 0 unspecified atom stereocenters. The lowest BCUT2D eigenvalue weighted by atomic mass is 10.1. The number of aryl methyl sites for hydroxylation is 1. The van der Waals surface area contributed by atoms with E-state index < -0.39 is 0 Å². The van der Waals surface area contributed by atoms with Crippen molar-refractivity contribution in [2.24, 2.45) is 0 Å². The zero-order valence-corrected chi connectivity index (χ0v) is 12.7. The molecule has 2 fully saturated rings. The molecule has 0 spiro atoms. The first-order valence-electron chi connectivity index (χ1n) is 7.59. The summed E-state index contributed by atoms with van der Waals surface area (Å²) in [5, 5.41) is 4.83. The van der Waals surface area contributed by atoms with E-state index in [4.69, 9.17) is 4.98 Å². The molecule has 0 aliphatic heterocycles. The SMILES string of the molecule is Cc1ccc(-c2nc(C3CC3)c(CNC3CC3)s2)cc1. The number of nitrogens with one attached hydrogen (secondary N) is 1. The molecule has 1 heterocycles. The molecule has 3 heteroatoms. The number of rotatable bonds is 5. The lowest BCUT2D eigenvalue weighted by Gasteiger charge is -2.01. The van der Waals surface area contributed by atoms with Crippen molar-refractivity contribution in [1.29, 1.82) is 0 Å². The van der Waals surface area contributed by atoms with Gasteiger partial charge in [0.25, 0.3) is 0 Å². The number of thiazole rings is 1. The molecule has 4 rings (SSSR count). The third-order valence-corrected chi connectivity index (χ3v) is 5.24. The van der Waals surface area contributed by atoms with Gasteiger partial charge in [-0.1, -0.05) is 29.8 Å². The predicted octanol–water partition coefficient (Wildman–Crippen LogP) is 4.25. The van der Waals surface area contributed by atoms with E-state index >= 15 is 0 Å². The van der Waals surface area contributed by atoms with Crippen molar-refractivity contribution in [1.82, 2.24) is 10.3 Å². The van der Waals surface area contributed by atoms with E-state index in [1.807, 2.05) is 11.3 Å². The molecule has 2 saturated carbocycles. The molecule has 0 saturated heterocycles. The smallest absolute Gasteiger partial charge is 0.123 e. The first-order valence-corrected chi connectivity index (χ1v) is 8.41. The van der Waals surface area contributed by atoms with Gasteiger partial charge in [0, 0.05) is 28.9 Å². The maximum absolute atomic E-state index is 4.95. The molecule has 104 valence electrons. The van der Waals surface area contributed by atoms with Crippen LogP contribution in [0, 0.1) is 6.92 Å². The second-order valence-corrected chi connectivity index (χ2v) is 7.21. The van der Waals surface area contributed by atoms with E-state index in [0.717, 1.165) is 18.5 Å². The molecule has 0 atom stereocenters. The van der Waals surface area contributed by atoms with E-state index in [1.165, 1.54) is 52.4 Å². The zero-order valence-electron chi connectivity index (χ0n) is 11.9. The number of aromatic nitrogens is 1. The number of hydrogen-bond donors (Lipinski definition) is 1. The van der Waals surface area contributed by atoms with Crippen molar-refractivity contribution in [3.8, 4) is 10.6 Å². The number of benzene rings is 1. The lowest BCUT2D eigenvalue weighted by molar-refractivity contribution is 0.688. The Hall–Kier alpha value is -1.19. The van der Waals surface area contributed by atoms with E-state index in [2.05, 4.69) is 36.5 Å². The van der Waals surface area contributed by atoms with Crippen molar-refractivity contribution in [3.05, 3.63) is 40.4 Å². The van der Waals surface area contributed by atoms with Crippen LogP contribution >= 0.6 is 11.3 Å². The molecule has 1 aromatic heterocycles. The highest BCUT2D eigenvalue weighted by Crippen LogP contribution is 2.44. The monoisotopic (exact) mass is 284 g/mol. The molecule has 2 aliphatic carbocycles. The van der Waals surface area contributed by atoms with Crippen molar-refractivity contribution in [3.63, 3.8) is 0 Å². The third-order valence-electron chi connectivity index (χ3n) is 4.12. The predicted molar refractivity (Wildman–Crippen MR) is 84.1 cm³/mol. The Morgan fingerprint density at radius 2 is 1.90 bits per heavy atom. The molecule has 1 aromatic carbocycles. The summed E-state index contributed by atoms with van der Waals surface area (Å²) in [5.74, 6) is 0.737. The maximum atomic E-state index is 4.95. The first-order chi connectivity index (χ1) is 9.79. The largest absolute Gasteiger partial charge is 0.309 e. The molecule has 2 aliphatic rings. The standard InChI is InChI=1S/C17H20N2S/c1-11-2-4-13(5-3-11)17-19-16(12-6-7-12)15(20-17)10-18-14-8-9-14/h2-5,12,14,18H,6-10H2,1H3. The van der Waals surface area contributed by atoms with Gasteiger partial charge in [-0.05, 0) is 32.6 Å². The van der Waals surface area contributed by atoms with Gasteiger partial charge in [0.05, 0.1) is 5.69 Å². The molecule has 0 bridgehead atoms. The average Bonchev–Trinajstić information content (AvgIpc) is 3.37. The fraction of sp³-hybridized carbons (Fsp3) is 0.471. The van der Waals surface area contributed by atoms with Crippen LogP contribution in [0.15, 0.2) is 24.3 Å². The highest BCUT2D eigenvalue weighted by Gasteiger charge is 2.30. The van der Waals surface area contributed by atoms with Gasteiger partial charge in [-0.3, -0.25) is 0 Å². The topological polar surface area (TPSA) is 24.9 Å². The summed E-state index contributed by atoms with van der Waals surface area (Å²) in [4.78, 5) is 6.42. The van der Waals surface area contributed by atoms with Gasteiger partial charge in [0.2, 0.25) is 0 Å². The van der Waals surface area contributed by atoms with Gasteiger partial charge in [0.15, 0.2) is 0 Å². The number of hydrogen-bond acceptors (Lipinski definition) is 3. The third kappa shape index (κ3) is 2.65. The van der Waals surface area contributed by atoms with Crippen LogP contribution in [0.3, 0.4) is 0 Å². The average molecular weight is 284 g/mol. The Morgan fingerprint density at radius 3 is 2.55 bits per heavy atom. The summed E-state index contributed by atoms with van der Waals surface area (Å²) < 4.78 is 0. The van der Waals surface area contributed by atoms with Crippen LogP contribution in [0.25, 0.3) is 10.6 Å². The van der Waals surface area contributed by atoms with Gasteiger partial charge in [-0.25, -0.2) is 4.98 Å². The van der Waals surface area contributed by atoms with Crippen LogP contribution < -0.4 is 5.32 Å². The minimum Gasteiger partial charge on any atom is -0.309 e. The fourth-order valence-electron chi connectivity index (χ4n) is 2.51. The summed E-state index contributed by atoms with van der Waals surface area (Å²) in [6, 6.07) is 9.52. The number of nitrogens with zero attached hydrogens (tertiary/aromatic N) is 1. The molecule has 0 amide bonds. The molecule has 20 heavy (non-hydrogen) atoms. The first kappa shape index (κ1) is 12.5. The van der Waals surface area contributed by atoms with Gasteiger partial charge in [0.1, 0.15) is 5.01 Å². The zero-order chi connectivity index (χ0) is 13.5.